The molecule has 10 heteroatoms. The molecule has 0 saturated heterocycles. The molecule has 0 radical (unpaired) electrons. The molecule has 0 fully saturated rings. The smallest absolute Gasteiger partial charge is 0.255 e. The van der Waals surface area contributed by atoms with Crippen LogP contribution < -0.4 is 14.8 Å². The number of aromatic nitrogens is 3. The Balaban J connectivity index is 1.76. The van der Waals surface area contributed by atoms with Gasteiger partial charge in [-0.2, -0.15) is 0 Å². The van der Waals surface area contributed by atoms with Crippen LogP contribution in [0.25, 0.3) is 16.7 Å². The predicted octanol–water partition coefficient (Wildman–Crippen LogP) is 4.66. The van der Waals surface area contributed by atoms with Crippen LogP contribution in [-0.4, -0.2) is 42.7 Å². The molecule has 36 heavy (non-hydrogen) atoms. The molecule has 0 bridgehead atoms. The quantitative estimate of drug-likeness (QED) is 0.392. The number of hydrogen-bond donors (Lipinski definition) is 2. The number of fused-ring (bicyclic) bond motifs is 1. The van der Waals surface area contributed by atoms with E-state index in [1.54, 1.807) is 28.9 Å². The number of aryl methyl sites for hydroxylation is 1. The first kappa shape index (κ1) is 25.2. The zero-order valence-corrected chi connectivity index (χ0v) is 21.9. The largest absolute Gasteiger partial charge is 0.492 e. The van der Waals surface area contributed by atoms with Gasteiger partial charge < -0.3 is 10.1 Å². The number of sulfonamides is 1. The number of ether oxygens (including phenoxy) is 1. The highest BCUT2D eigenvalue weighted by Gasteiger charge is 2.23. The van der Waals surface area contributed by atoms with Gasteiger partial charge in [0.2, 0.25) is 10.0 Å². The number of amides is 1. The Morgan fingerprint density at radius 1 is 1.03 bits per heavy atom. The molecular formula is C26H29N5O4S. The standard InChI is InChI=1S/C26H29N5O4S/c1-16-11-12-17(13-23(16)31-22-10-8-7-9-19(22)28-30-31)25(32)27-20-14-18(26(2,3)4)15-21(24(20)35-5)29-36(6,33)34/h7-15,29H,1-6H3,(H,27,32). The summed E-state index contributed by atoms with van der Waals surface area (Å²) in [7, 11) is -2.16. The topological polar surface area (TPSA) is 115 Å². The van der Waals surface area contributed by atoms with E-state index in [0.29, 0.717) is 11.3 Å². The second kappa shape index (κ2) is 9.27. The van der Waals surface area contributed by atoms with Crippen molar-refractivity contribution in [2.24, 2.45) is 0 Å². The van der Waals surface area contributed by atoms with Gasteiger partial charge in [0, 0.05) is 5.56 Å². The summed E-state index contributed by atoms with van der Waals surface area (Å²) >= 11 is 0. The molecule has 1 heterocycles. The van der Waals surface area contributed by atoms with Crippen LogP contribution in [0.15, 0.2) is 54.6 Å². The Morgan fingerprint density at radius 2 is 1.72 bits per heavy atom. The predicted molar refractivity (Wildman–Crippen MR) is 142 cm³/mol. The summed E-state index contributed by atoms with van der Waals surface area (Å²) in [6.45, 7) is 7.93. The summed E-state index contributed by atoms with van der Waals surface area (Å²) in [4.78, 5) is 13.4. The van der Waals surface area contributed by atoms with Gasteiger partial charge in [-0.25, -0.2) is 13.1 Å². The number of nitrogens with one attached hydrogen (secondary N) is 2. The number of para-hydroxylation sites is 1. The average molecular weight is 508 g/mol. The summed E-state index contributed by atoms with van der Waals surface area (Å²) in [5.74, 6) is -0.160. The summed E-state index contributed by atoms with van der Waals surface area (Å²) in [6.07, 6.45) is 1.07. The molecule has 4 aromatic rings. The third-order valence-corrected chi connectivity index (χ3v) is 6.34. The van der Waals surface area contributed by atoms with Crippen LogP contribution in [0, 0.1) is 6.92 Å². The molecule has 0 aliphatic carbocycles. The van der Waals surface area contributed by atoms with E-state index < -0.39 is 10.0 Å². The normalized spacial score (nSPS) is 11.9. The van der Waals surface area contributed by atoms with Crippen LogP contribution in [-0.2, 0) is 15.4 Å². The number of carbonyl (C=O) groups is 1. The van der Waals surface area contributed by atoms with Crippen molar-refractivity contribution < 1.29 is 17.9 Å². The first-order chi connectivity index (χ1) is 16.9. The van der Waals surface area contributed by atoms with E-state index >= 15 is 0 Å². The van der Waals surface area contributed by atoms with Crippen molar-refractivity contribution >= 4 is 38.3 Å². The molecule has 0 spiro atoms. The maximum absolute atomic E-state index is 13.4. The number of rotatable bonds is 6. The zero-order chi connectivity index (χ0) is 26.3. The van der Waals surface area contributed by atoms with E-state index in [2.05, 4.69) is 20.4 Å². The van der Waals surface area contributed by atoms with Crippen LogP contribution in [0.1, 0.15) is 42.3 Å². The number of nitrogens with zero attached hydrogens (tertiary/aromatic N) is 3. The van der Waals surface area contributed by atoms with Gasteiger partial charge in [0.1, 0.15) is 5.52 Å². The molecule has 2 N–H and O–H groups in total. The molecule has 0 atom stereocenters. The second-order valence-corrected chi connectivity index (χ2v) is 11.4. The summed E-state index contributed by atoms with van der Waals surface area (Å²) in [5, 5.41) is 11.4. The molecule has 1 amide bonds. The van der Waals surface area contributed by atoms with Gasteiger partial charge in [-0.05, 0) is 59.9 Å². The highest BCUT2D eigenvalue weighted by atomic mass is 32.2. The number of carbonyl (C=O) groups excluding carboxylic acids is 1. The Labute approximate surface area is 210 Å². The SMILES string of the molecule is COc1c(NC(=O)c2ccc(C)c(-n3nnc4ccccc43)c2)cc(C(C)(C)C)cc1NS(C)(=O)=O. The average Bonchev–Trinajstić information content (AvgIpc) is 3.21. The minimum absolute atomic E-state index is 0.219. The lowest BCUT2D eigenvalue weighted by molar-refractivity contribution is 0.102. The molecule has 0 unspecified atom stereocenters. The first-order valence-corrected chi connectivity index (χ1v) is 13.2. The zero-order valence-electron chi connectivity index (χ0n) is 21.1. The molecule has 9 nitrogen and oxygen atoms in total. The van der Waals surface area contributed by atoms with Crippen molar-refractivity contribution in [1.29, 1.82) is 0 Å². The van der Waals surface area contributed by atoms with Gasteiger partial charge in [0.15, 0.2) is 5.75 Å². The van der Waals surface area contributed by atoms with Gasteiger partial charge in [-0.15, -0.1) is 5.10 Å². The van der Waals surface area contributed by atoms with Crippen molar-refractivity contribution in [3.63, 3.8) is 0 Å². The highest BCUT2D eigenvalue weighted by Crippen LogP contribution is 2.39. The molecule has 0 aliphatic rings. The molecule has 3 aromatic carbocycles. The molecule has 0 aliphatic heterocycles. The van der Waals surface area contributed by atoms with Crippen LogP contribution in [0.5, 0.6) is 5.75 Å². The van der Waals surface area contributed by atoms with Crippen molar-refractivity contribution in [3.8, 4) is 11.4 Å². The van der Waals surface area contributed by atoms with Gasteiger partial charge in [-0.3, -0.25) is 9.52 Å². The Bertz CT molecular complexity index is 1570. The van der Waals surface area contributed by atoms with Crippen molar-refractivity contribution in [2.45, 2.75) is 33.1 Å². The van der Waals surface area contributed by atoms with Crippen LogP contribution in [0.2, 0.25) is 0 Å². The molecule has 188 valence electrons. The Kier molecular flexibility index (Phi) is 6.48. The van der Waals surface area contributed by atoms with E-state index in [1.165, 1.54) is 7.11 Å². The molecule has 4 rings (SSSR count). The number of anilines is 2. The molecule has 1 aromatic heterocycles. The van der Waals surface area contributed by atoms with Crippen LogP contribution >= 0.6 is 0 Å². The lowest BCUT2D eigenvalue weighted by atomic mass is 9.86. The van der Waals surface area contributed by atoms with Crippen molar-refractivity contribution in [2.75, 3.05) is 23.4 Å². The number of hydrogen-bond acceptors (Lipinski definition) is 6. The molecular weight excluding hydrogens is 478 g/mol. The Morgan fingerprint density at radius 3 is 2.39 bits per heavy atom. The van der Waals surface area contributed by atoms with E-state index in [0.717, 1.165) is 34.1 Å². The minimum atomic E-state index is -3.58. The number of methoxy groups -OCH3 is 1. The summed E-state index contributed by atoms with van der Waals surface area (Å²) < 4.78 is 33.7. The van der Waals surface area contributed by atoms with Gasteiger partial charge in [-0.1, -0.05) is 44.2 Å². The lowest BCUT2D eigenvalue weighted by Crippen LogP contribution is -2.18. The lowest BCUT2D eigenvalue weighted by Gasteiger charge is -2.24. The highest BCUT2D eigenvalue weighted by molar-refractivity contribution is 7.92. The third-order valence-electron chi connectivity index (χ3n) is 5.75. The van der Waals surface area contributed by atoms with E-state index in [4.69, 9.17) is 4.74 Å². The van der Waals surface area contributed by atoms with Crippen molar-refractivity contribution in [3.05, 3.63) is 71.3 Å². The van der Waals surface area contributed by atoms with Gasteiger partial charge >= 0.3 is 0 Å². The maximum atomic E-state index is 13.4. The fraction of sp³-hybridized carbons (Fsp3) is 0.269. The van der Waals surface area contributed by atoms with E-state index in [-0.39, 0.29) is 22.8 Å². The Hall–Kier alpha value is -3.92. The van der Waals surface area contributed by atoms with E-state index in [1.807, 2.05) is 58.0 Å². The van der Waals surface area contributed by atoms with Crippen LogP contribution in [0.4, 0.5) is 11.4 Å². The fourth-order valence-corrected chi connectivity index (χ4v) is 4.42. The van der Waals surface area contributed by atoms with Crippen molar-refractivity contribution in [1.82, 2.24) is 15.0 Å². The fourth-order valence-electron chi connectivity index (χ4n) is 3.87. The van der Waals surface area contributed by atoms with Crippen LogP contribution in [0.3, 0.4) is 0 Å². The maximum Gasteiger partial charge on any atom is 0.255 e. The van der Waals surface area contributed by atoms with Gasteiger partial charge in [0.25, 0.3) is 5.91 Å². The van der Waals surface area contributed by atoms with Gasteiger partial charge in [0.05, 0.1) is 35.9 Å². The summed E-state index contributed by atoms with van der Waals surface area (Å²) in [6, 6.07) is 16.4. The molecule has 0 saturated carbocycles. The number of benzene rings is 3. The minimum Gasteiger partial charge on any atom is -0.492 e. The van der Waals surface area contributed by atoms with E-state index in [9.17, 15) is 13.2 Å². The summed E-state index contributed by atoms with van der Waals surface area (Å²) in [5.41, 5.74) is 4.75. The monoisotopic (exact) mass is 507 g/mol. The first-order valence-electron chi connectivity index (χ1n) is 11.3. The second-order valence-electron chi connectivity index (χ2n) is 9.67. The third kappa shape index (κ3) is 5.18.